The molecule has 1 atom stereocenters. The molecule has 1 aliphatic heterocycles. The van der Waals surface area contributed by atoms with Gasteiger partial charge in [-0.05, 0) is 19.4 Å². The van der Waals surface area contributed by atoms with Crippen molar-refractivity contribution in [1.82, 2.24) is 5.32 Å². The van der Waals surface area contributed by atoms with Crippen LogP contribution < -0.4 is 5.32 Å². The van der Waals surface area contributed by atoms with Gasteiger partial charge in [-0.2, -0.15) is 13.2 Å². The molecule has 1 saturated heterocycles. The Labute approximate surface area is 74.5 Å². The first-order valence-electron chi connectivity index (χ1n) is 4.32. The molecule has 1 fully saturated rings. The molecule has 0 aromatic heterocycles. The van der Waals surface area contributed by atoms with E-state index in [0.29, 0.717) is 6.42 Å². The van der Waals surface area contributed by atoms with Gasteiger partial charge in [0.25, 0.3) is 0 Å². The first-order chi connectivity index (χ1) is 5.99. The number of alkyl halides is 3. The van der Waals surface area contributed by atoms with E-state index in [9.17, 15) is 18.0 Å². The first-order valence-corrected chi connectivity index (χ1v) is 4.32. The summed E-state index contributed by atoms with van der Waals surface area (Å²) < 4.78 is 35.2. The van der Waals surface area contributed by atoms with Crippen molar-refractivity contribution < 1.29 is 18.0 Å². The van der Waals surface area contributed by atoms with E-state index in [1.165, 1.54) is 0 Å². The van der Waals surface area contributed by atoms with Crippen LogP contribution in [0.4, 0.5) is 13.2 Å². The summed E-state index contributed by atoms with van der Waals surface area (Å²) in [6.45, 7) is 0.739. The number of ketones is 1. The maximum atomic E-state index is 11.7. The standard InChI is InChI=1S/C8H12F3NO/c9-8(10,11)4-3-7(13)6-2-1-5-12-6/h6,12H,1-5H2. The Hall–Kier alpha value is -0.580. The van der Waals surface area contributed by atoms with Crippen LogP contribution in [0.2, 0.25) is 0 Å². The third-order valence-corrected chi connectivity index (χ3v) is 2.10. The number of carbonyl (C=O) groups excluding carboxylic acids is 1. The van der Waals surface area contributed by atoms with E-state index >= 15 is 0 Å². The van der Waals surface area contributed by atoms with E-state index in [-0.39, 0.29) is 18.2 Å². The molecule has 1 N–H and O–H groups in total. The van der Waals surface area contributed by atoms with Crippen LogP contribution >= 0.6 is 0 Å². The molecule has 76 valence electrons. The molecule has 2 nitrogen and oxygen atoms in total. The molecule has 0 saturated carbocycles. The molecule has 13 heavy (non-hydrogen) atoms. The van der Waals surface area contributed by atoms with Crippen LogP contribution in [-0.4, -0.2) is 24.5 Å². The van der Waals surface area contributed by atoms with Gasteiger partial charge in [0.05, 0.1) is 12.5 Å². The van der Waals surface area contributed by atoms with Crippen molar-refractivity contribution in [1.29, 1.82) is 0 Å². The molecular formula is C8H12F3NO. The van der Waals surface area contributed by atoms with Crippen LogP contribution in [0.15, 0.2) is 0 Å². The number of carbonyl (C=O) groups is 1. The van der Waals surface area contributed by atoms with Gasteiger partial charge in [-0.1, -0.05) is 0 Å². The van der Waals surface area contributed by atoms with E-state index in [1.54, 1.807) is 0 Å². The number of Topliss-reactive ketones (excluding diaryl/α,β-unsaturated/α-hetero) is 1. The minimum absolute atomic E-state index is 0.310. The quantitative estimate of drug-likeness (QED) is 0.741. The zero-order valence-corrected chi connectivity index (χ0v) is 7.16. The van der Waals surface area contributed by atoms with Gasteiger partial charge in [0, 0.05) is 6.42 Å². The van der Waals surface area contributed by atoms with Crippen molar-refractivity contribution >= 4 is 5.78 Å². The lowest BCUT2D eigenvalue weighted by Gasteiger charge is -2.09. The van der Waals surface area contributed by atoms with Crippen molar-refractivity contribution in [2.45, 2.75) is 37.9 Å². The van der Waals surface area contributed by atoms with E-state index in [4.69, 9.17) is 0 Å². The van der Waals surface area contributed by atoms with Crippen LogP contribution in [0.5, 0.6) is 0 Å². The highest BCUT2D eigenvalue weighted by Gasteiger charge is 2.30. The lowest BCUT2D eigenvalue weighted by Crippen LogP contribution is -2.31. The van der Waals surface area contributed by atoms with Crippen molar-refractivity contribution in [2.75, 3.05) is 6.54 Å². The molecule has 1 heterocycles. The molecule has 0 aromatic rings. The summed E-state index contributed by atoms with van der Waals surface area (Å²) in [6.07, 6.45) is -4.04. The second-order valence-corrected chi connectivity index (χ2v) is 3.23. The number of hydrogen-bond acceptors (Lipinski definition) is 2. The van der Waals surface area contributed by atoms with Gasteiger partial charge in [-0.3, -0.25) is 4.79 Å². The zero-order valence-electron chi connectivity index (χ0n) is 7.16. The smallest absolute Gasteiger partial charge is 0.307 e. The molecule has 0 amide bonds. The predicted molar refractivity (Wildman–Crippen MR) is 41.3 cm³/mol. The fraction of sp³-hybridized carbons (Fsp3) is 0.875. The second-order valence-electron chi connectivity index (χ2n) is 3.23. The van der Waals surface area contributed by atoms with Crippen LogP contribution in [0.1, 0.15) is 25.7 Å². The minimum atomic E-state index is -4.21. The molecule has 1 rings (SSSR count). The second kappa shape index (κ2) is 4.09. The van der Waals surface area contributed by atoms with E-state index in [2.05, 4.69) is 5.32 Å². The third-order valence-electron chi connectivity index (χ3n) is 2.10. The summed E-state index contributed by atoms with van der Waals surface area (Å²) in [4.78, 5) is 11.1. The highest BCUT2D eigenvalue weighted by atomic mass is 19.4. The lowest BCUT2D eigenvalue weighted by molar-refractivity contribution is -0.143. The number of rotatable bonds is 3. The predicted octanol–water partition coefficient (Wildman–Crippen LogP) is 1.65. The Morgan fingerprint density at radius 1 is 1.46 bits per heavy atom. The SMILES string of the molecule is O=C(CCC(F)(F)F)C1CCCN1. The molecule has 0 radical (unpaired) electrons. The Kier molecular flexibility index (Phi) is 3.30. The van der Waals surface area contributed by atoms with Gasteiger partial charge in [0.15, 0.2) is 0 Å². The largest absolute Gasteiger partial charge is 0.389 e. The fourth-order valence-electron chi connectivity index (χ4n) is 1.40. The van der Waals surface area contributed by atoms with Crippen LogP contribution in [0.25, 0.3) is 0 Å². The summed E-state index contributed by atoms with van der Waals surface area (Å²) in [5, 5.41) is 2.88. The van der Waals surface area contributed by atoms with Gasteiger partial charge in [0.1, 0.15) is 5.78 Å². The average Bonchev–Trinajstić information content (AvgIpc) is 2.50. The summed E-state index contributed by atoms with van der Waals surface area (Å²) in [5.41, 5.74) is 0. The Bertz CT molecular complexity index is 184. The normalized spacial score (nSPS) is 23.5. The molecule has 1 unspecified atom stereocenters. The summed E-state index contributed by atoms with van der Waals surface area (Å²) in [7, 11) is 0. The molecule has 5 heteroatoms. The number of halogens is 3. The zero-order chi connectivity index (χ0) is 9.90. The molecule has 0 aromatic carbocycles. The topological polar surface area (TPSA) is 29.1 Å². The van der Waals surface area contributed by atoms with E-state index in [0.717, 1.165) is 13.0 Å². The maximum Gasteiger partial charge on any atom is 0.389 e. The highest BCUT2D eigenvalue weighted by Crippen LogP contribution is 2.22. The molecular weight excluding hydrogens is 183 g/mol. The van der Waals surface area contributed by atoms with Crippen molar-refractivity contribution in [3.05, 3.63) is 0 Å². The van der Waals surface area contributed by atoms with Gasteiger partial charge >= 0.3 is 6.18 Å². The average molecular weight is 195 g/mol. The van der Waals surface area contributed by atoms with Gasteiger partial charge in [-0.15, -0.1) is 0 Å². The molecule has 0 aliphatic carbocycles. The fourth-order valence-corrected chi connectivity index (χ4v) is 1.40. The number of hydrogen-bond donors (Lipinski definition) is 1. The van der Waals surface area contributed by atoms with Crippen LogP contribution in [-0.2, 0) is 4.79 Å². The Morgan fingerprint density at radius 3 is 2.62 bits per heavy atom. The highest BCUT2D eigenvalue weighted by molar-refractivity contribution is 5.84. The van der Waals surface area contributed by atoms with Crippen molar-refractivity contribution in [3.8, 4) is 0 Å². The molecule has 0 bridgehead atoms. The monoisotopic (exact) mass is 195 g/mol. The van der Waals surface area contributed by atoms with Gasteiger partial charge in [0.2, 0.25) is 0 Å². The summed E-state index contributed by atoms with van der Waals surface area (Å²) >= 11 is 0. The molecule has 0 spiro atoms. The minimum Gasteiger partial charge on any atom is -0.307 e. The molecule has 1 aliphatic rings. The number of nitrogens with one attached hydrogen (secondary N) is 1. The first kappa shape index (κ1) is 10.5. The van der Waals surface area contributed by atoms with Crippen molar-refractivity contribution in [3.63, 3.8) is 0 Å². The van der Waals surface area contributed by atoms with Gasteiger partial charge < -0.3 is 5.32 Å². The summed E-state index contributed by atoms with van der Waals surface area (Å²) in [5.74, 6) is -0.310. The third kappa shape index (κ3) is 3.76. The van der Waals surface area contributed by atoms with Crippen molar-refractivity contribution in [2.24, 2.45) is 0 Å². The van der Waals surface area contributed by atoms with Crippen LogP contribution in [0.3, 0.4) is 0 Å². The van der Waals surface area contributed by atoms with E-state index < -0.39 is 12.6 Å². The Balaban J connectivity index is 2.25. The van der Waals surface area contributed by atoms with E-state index in [1.807, 2.05) is 0 Å². The Morgan fingerprint density at radius 2 is 2.15 bits per heavy atom. The lowest BCUT2D eigenvalue weighted by atomic mass is 10.1. The summed E-state index contributed by atoms with van der Waals surface area (Å²) in [6, 6.07) is -0.331. The van der Waals surface area contributed by atoms with Crippen LogP contribution in [0, 0.1) is 0 Å². The maximum absolute atomic E-state index is 11.7. The van der Waals surface area contributed by atoms with Gasteiger partial charge in [-0.25, -0.2) is 0 Å².